The Balaban J connectivity index is 1.82. The molecule has 0 aliphatic carbocycles. The third kappa shape index (κ3) is 5.06. The van der Waals surface area contributed by atoms with Crippen molar-refractivity contribution in [1.82, 2.24) is 0 Å². The standard InChI is InChI=1S/C17H23NO5S/c1-17(2,3)13-4-6-14(7-5-13)18-15(19)10-23-16(20)12-8-9-24(21,22)11-12/h4-7,12H,8-11H2,1-3H3,(H,18,19). The molecule has 1 aromatic carbocycles. The summed E-state index contributed by atoms with van der Waals surface area (Å²) in [5, 5.41) is 2.65. The van der Waals surface area contributed by atoms with Gasteiger partial charge < -0.3 is 10.1 Å². The second-order valence-electron chi connectivity index (χ2n) is 7.08. The summed E-state index contributed by atoms with van der Waals surface area (Å²) in [5.74, 6) is -1.93. The number of rotatable bonds is 4. The van der Waals surface area contributed by atoms with Crippen LogP contribution in [0.4, 0.5) is 5.69 Å². The summed E-state index contributed by atoms with van der Waals surface area (Å²) in [6.07, 6.45) is 0.261. The van der Waals surface area contributed by atoms with Gasteiger partial charge in [-0.25, -0.2) is 8.42 Å². The molecule has 0 spiro atoms. The maximum Gasteiger partial charge on any atom is 0.310 e. The van der Waals surface area contributed by atoms with E-state index in [-0.39, 0.29) is 23.3 Å². The molecule has 1 atom stereocenters. The number of amides is 1. The summed E-state index contributed by atoms with van der Waals surface area (Å²) < 4.78 is 27.6. The van der Waals surface area contributed by atoms with Gasteiger partial charge in [0.2, 0.25) is 0 Å². The van der Waals surface area contributed by atoms with Gasteiger partial charge in [-0.3, -0.25) is 9.59 Å². The number of sulfone groups is 1. The topological polar surface area (TPSA) is 89.5 Å². The second-order valence-corrected chi connectivity index (χ2v) is 9.31. The Morgan fingerprint density at radius 2 is 1.83 bits per heavy atom. The molecule has 132 valence electrons. The number of hydrogen-bond donors (Lipinski definition) is 1. The third-order valence-electron chi connectivity index (χ3n) is 3.95. The van der Waals surface area contributed by atoms with Crippen molar-refractivity contribution in [1.29, 1.82) is 0 Å². The molecule has 1 fully saturated rings. The van der Waals surface area contributed by atoms with Crippen molar-refractivity contribution in [3.05, 3.63) is 29.8 Å². The molecule has 2 rings (SSSR count). The van der Waals surface area contributed by atoms with E-state index in [0.717, 1.165) is 5.56 Å². The quantitative estimate of drug-likeness (QED) is 0.835. The molecule has 7 heteroatoms. The summed E-state index contributed by atoms with van der Waals surface area (Å²) in [6, 6.07) is 7.46. The van der Waals surface area contributed by atoms with Crippen LogP contribution in [0.15, 0.2) is 24.3 Å². The van der Waals surface area contributed by atoms with Crippen LogP contribution in [0.3, 0.4) is 0 Å². The van der Waals surface area contributed by atoms with E-state index in [0.29, 0.717) is 5.69 Å². The Labute approximate surface area is 142 Å². The van der Waals surface area contributed by atoms with Crippen molar-refractivity contribution >= 4 is 27.4 Å². The molecule has 1 unspecified atom stereocenters. The van der Waals surface area contributed by atoms with Gasteiger partial charge in [-0.15, -0.1) is 0 Å². The van der Waals surface area contributed by atoms with Crippen molar-refractivity contribution in [2.45, 2.75) is 32.6 Å². The SMILES string of the molecule is CC(C)(C)c1ccc(NC(=O)COC(=O)C2CCS(=O)(=O)C2)cc1. The summed E-state index contributed by atoms with van der Waals surface area (Å²) >= 11 is 0. The van der Waals surface area contributed by atoms with Gasteiger partial charge in [-0.2, -0.15) is 0 Å². The Morgan fingerprint density at radius 1 is 1.21 bits per heavy atom. The largest absolute Gasteiger partial charge is 0.455 e. The predicted octanol–water partition coefficient (Wildman–Crippen LogP) is 1.90. The van der Waals surface area contributed by atoms with Gasteiger partial charge in [0.25, 0.3) is 5.91 Å². The average molecular weight is 353 g/mol. The number of hydrogen-bond acceptors (Lipinski definition) is 5. The lowest BCUT2D eigenvalue weighted by Gasteiger charge is -2.19. The molecule has 0 aromatic heterocycles. The maximum absolute atomic E-state index is 11.8. The highest BCUT2D eigenvalue weighted by Crippen LogP contribution is 2.23. The molecular formula is C17H23NO5S. The van der Waals surface area contributed by atoms with Gasteiger partial charge in [0.15, 0.2) is 16.4 Å². The van der Waals surface area contributed by atoms with Crippen molar-refractivity contribution in [2.24, 2.45) is 5.92 Å². The lowest BCUT2D eigenvalue weighted by atomic mass is 9.87. The minimum Gasteiger partial charge on any atom is -0.455 e. The van der Waals surface area contributed by atoms with Crippen LogP contribution >= 0.6 is 0 Å². The van der Waals surface area contributed by atoms with Crippen molar-refractivity contribution < 1.29 is 22.7 Å². The number of anilines is 1. The fourth-order valence-electron chi connectivity index (χ4n) is 2.49. The number of ether oxygens (including phenoxy) is 1. The highest BCUT2D eigenvalue weighted by molar-refractivity contribution is 7.91. The first kappa shape index (κ1) is 18.4. The van der Waals surface area contributed by atoms with Crippen LogP contribution in [0, 0.1) is 5.92 Å². The van der Waals surface area contributed by atoms with E-state index in [4.69, 9.17) is 4.74 Å². The molecule has 0 radical (unpaired) electrons. The molecule has 24 heavy (non-hydrogen) atoms. The first-order valence-electron chi connectivity index (χ1n) is 7.84. The van der Waals surface area contributed by atoms with E-state index >= 15 is 0 Å². The predicted molar refractivity (Wildman–Crippen MR) is 91.5 cm³/mol. The van der Waals surface area contributed by atoms with Gasteiger partial charge in [0, 0.05) is 5.69 Å². The Kier molecular flexibility index (Phi) is 5.32. The zero-order valence-corrected chi connectivity index (χ0v) is 15.0. The summed E-state index contributed by atoms with van der Waals surface area (Å²) in [4.78, 5) is 23.6. The molecule has 0 saturated carbocycles. The molecule has 1 aliphatic heterocycles. The van der Waals surface area contributed by atoms with Crippen molar-refractivity contribution in [3.8, 4) is 0 Å². The van der Waals surface area contributed by atoms with E-state index in [1.807, 2.05) is 12.1 Å². The van der Waals surface area contributed by atoms with Gasteiger partial charge in [-0.05, 0) is 29.5 Å². The highest BCUT2D eigenvalue weighted by Gasteiger charge is 2.34. The minimum absolute atomic E-state index is 0.000904. The fraction of sp³-hybridized carbons (Fsp3) is 0.529. The normalized spacial score (nSPS) is 19.7. The second kappa shape index (κ2) is 6.93. The number of benzene rings is 1. The van der Waals surface area contributed by atoms with Crippen molar-refractivity contribution in [3.63, 3.8) is 0 Å². The molecule has 1 N–H and O–H groups in total. The van der Waals surface area contributed by atoms with Crippen LogP contribution in [0.25, 0.3) is 0 Å². The van der Waals surface area contributed by atoms with E-state index < -0.39 is 34.2 Å². The smallest absolute Gasteiger partial charge is 0.310 e. The lowest BCUT2D eigenvalue weighted by molar-refractivity contribution is -0.150. The summed E-state index contributed by atoms with van der Waals surface area (Å²) in [5.41, 5.74) is 1.79. The van der Waals surface area contributed by atoms with E-state index in [2.05, 4.69) is 26.1 Å². The number of esters is 1. The van der Waals surface area contributed by atoms with Crippen LogP contribution in [-0.4, -0.2) is 38.4 Å². The van der Waals surface area contributed by atoms with Gasteiger partial charge >= 0.3 is 5.97 Å². The van der Waals surface area contributed by atoms with Crippen LogP contribution < -0.4 is 5.32 Å². The van der Waals surface area contributed by atoms with E-state index in [1.165, 1.54) is 0 Å². The number of nitrogens with one attached hydrogen (secondary N) is 1. The molecule has 0 bridgehead atoms. The van der Waals surface area contributed by atoms with E-state index in [9.17, 15) is 18.0 Å². The molecule has 6 nitrogen and oxygen atoms in total. The molecule has 1 aromatic rings. The van der Waals surface area contributed by atoms with Crippen LogP contribution in [-0.2, 0) is 29.6 Å². The van der Waals surface area contributed by atoms with E-state index in [1.54, 1.807) is 12.1 Å². The van der Waals surface area contributed by atoms with Crippen LogP contribution in [0.1, 0.15) is 32.8 Å². The van der Waals surface area contributed by atoms with Crippen LogP contribution in [0.2, 0.25) is 0 Å². The zero-order chi connectivity index (χ0) is 18.0. The van der Waals surface area contributed by atoms with Gasteiger partial charge in [0.1, 0.15) is 0 Å². The molecular weight excluding hydrogens is 330 g/mol. The molecule has 1 aliphatic rings. The zero-order valence-electron chi connectivity index (χ0n) is 14.2. The molecule has 1 heterocycles. The first-order valence-corrected chi connectivity index (χ1v) is 9.66. The van der Waals surface area contributed by atoms with Gasteiger partial charge in [0.05, 0.1) is 17.4 Å². The monoisotopic (exact) mass is 353 g/mol. The highest BCUT2D eigenvalue weighted by atomic mass is 32.2. The molecule has 1 saturated heterocycles. The fourth-order valence-corrected chi connectivity index (χ4v) is 4.21. The summed E-state index contributed by atoms with van der Waals surface area (Å²) in [6.45, 7) is 5.88. The first-order chi connectivity index (χ1) is 11.1. The Hall–Kier alpha value is -1.89. The minimum atomic E-state index is -3.15. The maximum atomic E-state index is 11.8. The number of carbonyl (C=O) groups excluding carboxylic acids is 2. The van der Waals surface area contributed by atoms with Gasteiger partial charge in [-0.1, -0.05) is 32.9 Å². The average Bonchev–Trinajstić information content (AvgIpc) is 2.85. The molecule has 1 amide bonds. The van der Waals surface area contributed by atoms with Crippen LogP contribution in [0.5, 0.6) is 0 Å². The van der Waals surface area contributed by atoms with Crippen molar-refractivity contribution in [2.75, 3.05) is 23.4 Å². The Bertz CT molecular complexity index is 716. The summed E-state index contributed by atoms with van der Waals surface area (Å²) in [7, 11) is -3.15. The lowest BCUT2D eigenvalue weighted by Crippen LogP contribution is -2.25. The third-order valence-corrected chi connectivity index (χ3v) is 5.71. The Morgan fingerprint density at radius 3 is 2.33 bits per heavy atom. The number of carbonyl (C=O) groups is 2.